The van der Waals surface area contributed by atoms with Crippen LogP contribution in [0.15, 0.2) is 88.4 Å². The van der Waals surface area contributed by atoms with Gasteiger partial charge in [-0.05, 0) is 77.8 Å². The topological polar surface area (TPSA) is 28.0 Å². The Labute approximate surface area is 172 Å². The van der Waals surface area contributed by atoms with Crippen LogP contribution in [0, 0.1) is 0 Å². The molecule has 2 aromatic rings. The number of nitrogens with zero attached hydrogens (tertiary/aromatic N) is 3. The molecular formula is C24H23N3S. The predicted octanol–water partition coefficient (Wildman–Crippen LogP) is 5.88. The summed E-state index contributed by atoms with van der Waals surface area (Å²) in [5.74, 6) is 0. The second-order valence-electron chi connectivity index (χ2n) is 6.59. The number of allylic oxidation sites excluding steroid dienone is 5. The Bertz CT molecular complexity index is 983. The molecular weight excluding hydrogens is 362 g/mol. The number of isothiocyanates is 1. The van der Waals surface area contributed by atoms with Crippen molar-refractivity contribution in [3.8, 4) is 0 Å². The van der Waals surface area contributed by atoms with Crippen LogP contribution in [-0.4, -0.2) is 31.5 Å². The van der Waals surface area contributed by atoms with Crippen LogP contribution in [0.3, 0.4) is 0 Å². The van der Waals surface area contributed by atoms with Crippen LogP contribution in [0.25, 0.3) is 5.57 Å². The molecule has 0 atom stereocenters. The van der Waals surface area contributed by atoms with Gasteiger partial charge in [-0.1, -0.05) is 36.4 Å². The molecule has 3 rings (SSSR count). The molecule has 0 spiro atoms. The average molecular weight is 386 g/mol. The molecule has 0 bridgehead atoms. The summed E-state index contributed by atoms with van der Waals surface area (Å²) >= 11 is 4.70. The summed E-state index contributed by atoms with van der Waals surface area (Å²) in [7, 11) is 4.09. The van der Waals surface area contributed by atoms with E-state index in [0.29, 0.717) is 0 Å². The molecule has 1 aliphatic rings. The standard InChI is InChI=1S/C24H23N3S/c1-4-25-21-11-5-18(6-12-21)24(19-7-13-22(14-8-19)26-17-28)20-9-15-23(16-10-20)27(2)3/h5-16H,4H2,1-3H3. The summed E-state index contributed by atoms with van der Waals surface area (Å²) < 4.78 is 0. The lowest BCUT2D eigenvalue weighted by atomic mass is 9.90. The number of benzene rings is 2. The first kappa shape index (κ1) is 19.7. The van der Waals surface area contributed by atoms with E-state index >= 15 is 0 Å². The minimum absolute atomic E-state index is 0.782. The molecule has 0 heterocycles. The fourth-order valence-electron chi connectivity index (χ4n) is 3.10. The Morgan fingerprint density at radius 2 is 1.46 bits per heavy atom. The highest BCUT2D eigenvalue weighted by molar-refractivity contribution is 7.78. The molecule has 2 aromatic carbocycles. The van der Waals surface area contributed by atoms with Gasteiger partial charge in [-0.3, -0.25) is 4.99 Å². The van der Waals surface area contributed by atoms with Crippen LogP contribution in [0.4, 0.5) is 11.4 Å². The lowest BCUT2D eigenvalue weighted by molar-refractivity contribution is 1.13. The highest BCUT2D eigenvalue weighted by Gasteiger charge is 2.12. The summed E-state index contributed by atoms with van der Waals surface area (Å²) in [4.78, 5) is 10.6. The van der Waals surface area contributed by atoms with Gasteiger partial charge in [0.05, 0.1) is 16.6 Å². The van der Waals surface area contributed by atoms with Gasteiger partial charge in [0.15, 0.2) is 0 Å². The van der Waals surface area contributed by atoms with E-state index < -0.39 is 0 Å². The Kier molecular flexibility index (Phi) is 6.49. The maximum Gasteiger partial charge on any atom is 0.0739 e. The van der Waals surface area contributed by atoms with Crippen LogP contribution < -0.4 is 4.90 Å². The van der Waals surface area contributed by atoms with Gasteiger partial charge in [0.2, 0.25) is 0 Å². The second kappa shape index (κ2) is 9.23. The summed E-state index contributed by atoms with van der Waals surface area (Å²) in [5.41, 5.74) is 7.59. The molecule has 0 radical (unpaired) electrons. The van der Waals surface area contributed by atoms with Crippen LogP contribution in [0.5, 0.6) is 0 Å². The second-order valence-corrected chi connectivity index (χ2v) is 6.77. The fraction of sp³-hybridized carbons (Fsp3) is 0.167. The smallest absolute Gasteiger partial charge is 0.0739 e. The SMILES string of the molecule is CCN=C1C=CC(=C(c2ccc(N=C=S)cc2)c2ccc(N(C)C)cc2)C=C1. The zero-order valence-corrected chi connectivity index (χ0v) is 17.2. The Balaban J connectivity index is 2.10. The average Bonchev–Trinajstić information content (AvgIpc) is 2.72. The van der Waals surface area contributed by atoms with Crippen molar-refractivity contribution in [3.05, 3.63) is 89.5 Å². The van der Waals surface area contributed by atoms with Gasteiger partial charge in [0.1, 0.15) is 0 Å². The highest BCUT2D eigenvalue weighted by atomic mass is 32.1. The highest BCUT2D eigenvalue weighted by Crippen LogP contribution is 2.31. The van der Waals surface area contributed by atoms with Crippen LogP contribution in [0.1, 0.15) is 18.1 Å². The first-order chi connectivity index (χ1) is 13.6. The number of hydrogen-bond acceptors (Lipinski definition) is 4. The third-order valence-electron chi connectivity index (χ3n) is 4.50. The van der Waals surface area contributed by atoms with Crippen molar-refractivity contribution < 1.29 is 0 Å². The van der Waals surface area contributed by atoms with Crippen molar-refractivity contribution in [1.29, 1.82) is 0 Å². The zero-order chi connectivity index (χ0) is 19.9. The lowest BCUT2D eigenvalue weighted by Crippen LogP contribution is -2.08. The van der Waals surface area contributed by atoms with Crippen LogP contribution in [0.2, 0.25) is 0 Å². The summed E-state index contributed by atoms with van der Waals surface area (Å²) in [6, 6.07) is 16.7. The molecule has 0 amide bonds. The third-order valence-corrected chi connectivity index (χ3v) is 4.59. The molecule has 28 heavy (non-hydrogen) atoms. The number of rotatable bonds is 5. The molecule has 0 N–H and O–H groups in total. The zero-order valence-electron chi connectivity index (χ0n) is 16.4. The van der Waals surface area contributed by atoms with Crippen LogP contribution in [-0.2, 0) is 0 Å². The molecule has 0 aromatic heterocycles. The monoisotopic (exact) mass is 385 g/mol. The van der Waals surface area contributed by atoms with Crippen molar-refractivity contribution in [2.45, 2.75) is 6.92 Å². The largest absolute Gasteiger partial charge is 0.378 e. The van der Waals surface area contributed by atoms with Gasteiger partial charge in [-0.15, -0.1) is 0 Å². The molecule has 0 fully saturated rings. The number of anilines is 1. The van der Waals surface area contributed by atoms with E-state index in [-0.39, 0.29) is 0 Å². The van der Waals surface area contributed by atoms with Crippen LogP contribution >= 0.6 is 12.2 Å². The van der Waals surface area contributed by atoms with E-state index in [1.807, 2.05) is 33.2 Å². The Morgan fingerprint density at radius 1 is 0.893 bits per heavy atom. The molecule has 1 aliphatic carbocycles. The predicted molar refractivity (Wildman–Crippen MR) is 124 cm³/mol. The van der Waals surface area contributed by atoms with Gasteiger partial charge >= 0.3 is 0 Å². The van der Waals surface area contributed by atoms with E-state index in [1.165, 1.54) is 11.3 Å². The van der Waals surface area contributed by atoms with Gasteiger partial charge in [0.25, 0.3) is 0 Å². The van der Waals surface area contributed by atoms with Crippen molar-refractivity contribution in [2.24, 2.45) is 9.98 Å². The third kappa shape index (κ3) is 4.61. The van der Waals surface area contributed by atoms with E-state index in [1.54, 1.807) is 0 Å². The summed E-state index contributed by atoms with van der Waals surface area (Å²) in [6.45, 7) is 2.83. The molecule has 140 valence electrons. The molecule has 0 saturated heterocycles. The molecule has 0 saturated carbocycles. The fourth-order valence-corrected chi connectivity index (χ4v) is 3.20. The van der Waals surface area contributed by atoms with E-state index in [4.69, 9.17) is 12.2 Å². The Hall–Kier alpha value is -3.07. The van der Waals surface area contributed by atoms with E-state index in [9.17, 15) is 0 Å². The maximum absolute atomic E-state index is 4.70. The normalized spacial score (nSPS) is 12.5. The van der Waals surface area contributed by atoms with Crippen molar-refractivity contribution in [2.75, 3.05) is 25.5 Å². The quantitative estimate of drug-likeness (QED) is 0.475. The summed E-state index contributed by atoms with van der Waals surface area (Å²) in [5, 5.41) is 2.42. The van der Waals surface area contributed by atoms with Gasteiger partial charge in [0, 0.05) is 26.3 Å². The molecule has 0 unspecified atom stereocenters. The van der Waals surface area contributed by atoms with Crippen molar-refractivity contribution in [3.63, 3.8) is 0 Å². The Morgan fingerprint density at radius 3 is 1.96 bits per heavy atom. The van der Waals surface area contributed by atoms with Gasteiger partial charge in [-0.25, -0.2) is 0 Å². The molecule has 4 heteroatoms. The first-order valence-electron chi connectivity index (χ1n) is 9.23. The van der Waals surface area contributed by atoms with Gasteiger partial charge in [-0.2, -0.15) is 4.99 Å². The summed E-state index contributed by atoms with van der Waals surface area (Å²) in [6.07, 6.45) is 8.40. The first-order valence-corrected chi connectivity index (χ1v) is 9.64. The number of aliphatic imine (C=N–C) groups is 2. The van der Waals surface area contributed by atoms with E-state index in [2.05, 4.69) is 80.7 Å². The van der Waals surface area contributed by atoms with Crippen molar-refractivity contribution in [1.82, 2.24) is 0 Å². The maximum atomic E-state index is 4.70. The minimum Gasteiger partial charge on any atom is -0.378 e. The van der Waals surface area contributed by atoms with E-state index in [0.717, 1.165) is 34.6 Å². The minimum atomic E-state index is 0.782. The van der Waals surface area contributed by atoms with Gasteiger partial charge < -0.3 is 4.90 Å². The molecule has 3 nitrogen and oxygen atoms in total. The van der Waals surface area contributed by atoms with Crippen molar-refractivity contribution >= 4 is 40.0 Å². The lowest BCUT2D eigenvalue weighted by Gasteiger charge is -2.17. The molecule has 0 aliphatic heterocycles. The number of hydrogen-bond donors (Lipinski definition) is 0. The number of thiocarbonyl (C=S) groups is 1.